The Morgan fingerprint density at radius 3 is 2.73 bits per heavy atom. The predicted molar refractivity (Wildman–Crippen MR) is 113 cm³/mol. The van der Waals surface area contributed by atoms with E-state index in [0.29, 0.717) is 23.2 Å². The number of methoxy groups -OCH3 is 1. The topological polar surface area (TPSA) is 84.7 Å². The van der Waals surface area contributed by atoms with E-state index in [1.807, 2.05) is 25.1 Å². The van der Waals surface area contributed by atoms with Gasteiger partial charge in [0.2, 0.25) is 11.8 Å². The Morgan fingerprint density at radius 2 is 1.97 bits per heavy atom. The summed E-state index contributed by atoms with van der Waals surface area (Å²) in [5.74, 6) is 0.188. The quantitative estimate of drug-likeness (QED) is 0.658. The summed E-state index contributed by atoms with van der Waals surface area (Å²) in [4.78, 5) is 45.7. The number of piperazine rings is 1. The summed E-state index contributed by atoms with van der Waals surface area (Å²) in [7, 11) is 1.57. The van der Waals surface area contributed by atoms with Gasteiger partial charge in [-0.25, -0.2) is 4.98 Å². The molecule has 0 saturated carbocycles. The SMILES string of the molecule is COc1cccc(N2C(=O)CN(C(=O)Cn3cnc4ccccc4c3=O)C[C@@H]2C)c1. The summed E-state index contributed by atoms with van der Waals surface area (Å²) >= 11 is 0. The van der Waals surface area contributed by atoms with Gasteiger partial charge < -0.3 is 14.5 Å². The fourth-order valence-electron chi connectivity index (χ4n) is 3.76. The minimum atomic E-state index is -0.292. The second-order valence-corrected chi connectivity index (χ2v) is 7.28. The molecule has 1 fully saturated rings. The summed E-state index contributed by atoms with van der Waals surface area (Å²) in [5, 5.41) is 0.458. The van der Waals surface area contributed by atoms with Gasteiger partial charge in [-0.05, 0) is 31.2 Å². The molecule has 154 valence electrons. The first-order chi connectivity index (χ1) is 14.5. The third-order valence-corrected chi connectivity index (χ3v) is 5.24. The number of rotatable bonds is 4. The van der Waals surface area contributed by atoms with Crippen LogP contribution in [0.4, 0.5) is 5.69 Å². The lowest BCUT2D eigenvalue weighted by Gasteiger charge is -2.39. The van der Waals surface area contributed by atoms with E-state index in [1.54, 1.807) is 42.3 Å². The molecule has 2 aromatic carbocycles. The van der Waals surface area contributed by atoms with E-state index >= 15 is 0 Å². The maximum Gasteiger partial charge on any atom is 0.261 e. The number of carbonyl (C=O) groups excluding carboxylic acids is 2. The highest BCUT2D eigenvalue weighted by molar-refractivity contribution is 5.98. The van der Waals surface area contributed by atoms with Gasteiger partial charge in [-0.3, -0.25) is 19.0 Å². The van der Waals surface area contributed by atoms with Gasteiger partial charge in [-0.2, -0.15) is 0 Å². The summed E-state index contributed by atoms with van der Waals surface area (Å²) in [6.45, 7) is 2.06. The fourth-order valence-corrected chi connectivity index (χ4v) is 3.76. The molecule has 1 aromatic heterocycles. The molecular formula is C22H22N4O4. The number of hydrogen-bond acceptors (Lipinski definition) is 5. The van der Waals surface area contributed by atoms with Gasteiger partial charge in [0.1, 0.15) is 18.8 Å². The summed E-state index contributed by atoms with van der Waals surface area (Å²) in [6, 6.07) is 14.1. The molecule has 1 aliphatic rings. The Kier molecular flexibility index (Phi) is 5.22. The van der Waals surface area contributed by atoms with Crippen molar-refractivity contribution in [1.29, 1.82) is 0 Å². The van der Waals surface area contributed by atoms with Crippen molar-refractivity contribution in [2.45, 2.75) is 19.5 Å². The molecule has 0 spiro atoms. The lowest BCUT2D eigenvalue weighted by Crippen LogP contribution is -2.57. The minimum Gasteiger partial charge on any atom is -0.497 e. The summed E-state index contributed by atoms with van der Waals surface area (Å²) < 4.78 is 6.53. The number of ether oxygens (including phenoxy) is 1. The largest absolute Gasteiger partial charge is 0.497 e. The summed E-state index contributed by atoms with van der Waals surface area (Å²) in [5.41, 5.74) is 1.04. The van der Waals surface area contributed by atoms with Crippen LogP contribution in [0.3, 0.4) is 0 Å². The van der Waals surface area contributed by atoms with Crippen molar-refractivity contribution in [2.75, 3.05) is 25.1 Å². The van der Waals surface area contributed by atoms with Gasteiger partial charge in [-0.15, -0.1) is 0 Å². The van der Waals surface area contributed by atoms with Crippen LogP contribution in [0.5, 0.6) is 5.75 Å². The molecule has 0 bridgehead atoms. The lowest BCUT2D eigenvalue weighted by atomic mass is 10.1. The van der Waals surface area contributed by atoms with E-state index < -0.39 is 0 Å². The van der Waals surface area contributed by atoms with Gasteiger partial charge in [-0.1, -0.05) is 18.2 Å². The standard InChI is InChI=1S/C22H22N4O4/c1-15-11-24(13-21(28)26(15)16-6-5-7-17(10-16)30-2)20(27)12-25-14-23-19-9-4-3-8-18(19)22(25)29/h3-10,14-15H,11-13H2,1-2H3/t15-/m0/s1. The van der Waals surface area contributed by atoms with Crippen molar-refractivity contribution in [3.63, 3.8) is 0 Å². The van der Waals surface area contributed by atoms with E-state index in [0.717, 1.165) is 5.69 Å². The van der Waals surface area contributed by atoms with Crippen LogP contribution in [0, 0.1) is 0 Å². The highest BCUT2D eigenvalue weighted by Crippen LogP contribution is 2.25. The van der Waals surface area contributed by atoms with Crippen molar-refractivity contribution in [3.05, 3.63) is 65.2 Å². The van der Waals surface area contributed by atoms with Crippen LogP contribution in [-0.2, 0) is 16.1 Å². The second-order valence-electron chi connectivity index (χ2n) is 7.28. The van der Waals surface area contributed by atoms with Crippen molar-refractivity contribution in [1.82, 2.24) is 14.5 Å². The molecule has 3 aromatic rings. The first-order valence-electron chi connectivity index (χ1n) is 9.66. The number of anilines is 1. The predicted octanol–water partition coefficient (Wildman–Crippen LogP) is 1.67. The number of para-hydroxylation sites is 1. The van der Waals surface area contributed by atoms with Crippen molar-refractivity contribution >= 4 is 28.4 Å². The molecule has 0 unspecified atom stereocenters. The molecule has 1 aliphatic heterocycles. The number of hydrogen-bond donors (Lipinski definition) is 0. The first-order valence-corrected chi connectivity index (χ1v) is 9.66. The Morgan fingerprint density at radius 1 is 1.17 bits per heavy atom. The lowest BCUT2D eigenvalue weighted by molar-refractivity contribution is -0.138. The van der Waals surface area contributed by atoms with Crippen LogP contribution in [0.2, 0.25) is 0 Å². The number of benzene rings is 2. The van der Waals surface area contributed by atoms with Crippen LogP contribution >= 0.6 is 0 Å². The second kappa shape index (κ2) is 7.98. The molecule has 2 heterocycles. The number of carbonyl (C=O) groups is 2. The maximum absolute atomic E-state index is 12.8. The van der Waals surface area contributed by atoms with E-state index in [4.69, 9.17) is 4.74 Å². The third kappa shape index (κ3) is 3.63. The Balaban J connectivity index is 1.51. The fraction of sp³-hybridized carbons (Fsp3) is 0.273. The van der Waals surface area contributed by atoms with Crippen LogP contribution in [0.15, 0.2) is 59.7 Å². The maximum atomic E-state index is 12.8. The normalized spacial score (nSPS) is 16.7. The number of aromatic nitrogens is 2. The van der Waals surface area contributed by atoms with E-state index in [-0.39, 0.29) is 36.5 Å². The Bertz CT molecular complexity index is 1170. The zero-order valence-corrected chi connectivity index (χ0v) is 16.8. The first kappa shape index (κ1) is 19.6. The van der Waals surface area contributed by atoms with Crippen molar-refractivity contribution in [3.8, 4) is 5.75 Å². The van der Waals surface area contributed by atoms with Crippen LogP contribution in [0.25, 0.3) is 10.9 Å². The Hall–Kier alpha value is -3.68. The van der Waals surface area contributed by atoms with Gasteiger partial charge in [0.25, 0.3) is 5.56 Å². The van der Waals surface area contributed by atoms with E-state index in [1.165, 1.54) is 15.8 Å². The average Bonchev–Trinajstić information content (AvgIpc) is 2.75. The molecular weight excluding hydrogens is 384 g/mol. The molecule has 0 radical (unpaired) electrons. The molecule has 0 aliphatic carbocycles. The zero-order valence-electron chi connectivity index (χ0n) is 16.8. The average molecular weight is 406 g/mol. The van der Waals surface area contributed by atoms with Crippen LogP contribution < -0.4 is 15.2 Å². The summed E-state index contributed by atoms with van der Waals surface area (Å²) in [6.07, 6.45) is 1.38. The molecule has 2 amide bonds. The number of fused-ring (bicyclic) bond motifs is 1. The number of amides is 2. The molecule has 1 atom stereocenters. The molecule has 30 heavy (non-hydrogen) atoms. The molecule has 4 rings (SSSR count). The smallest absolute Gasteiger partial charge is 0.261 e. The van der Waals surface area contributed by atoms with Crippen molar-refractivity contribution in [2.24, 2.45) is 0 Å². The number of nitrogens with zero attached hydrogens (tertiary/aromatic N) is 4. The monoisotopic (exact) mass is 406 g/mol. The molecule has 8 nitrogen and oxygen atoms in total. The van der Waals surface area contributed by atoms with Crippen LogP contribution in [0.1, 0.15) is 6.92 Å². The van der Waals surface area contributed by atoms with Gasteiger partial charge in [0.15, 0.2) is 0 Å². The van der Waals surface area contributed by atoms with Crippen molar-refractivity contribution < 1.29 is 14.3 Å². The van der Waals surface area contributed by atoms with E-state index in [2.05, 4.69) is 4.98 Å². The highest BCUT2D eigenvalue weighted by atomic mass is 16.5. The molecule has 8 heteroatoms. The molecule has 0 N–H and O–H groups in total. The van der Waals surface area contributed by atoms with Gasteiger partial charge >= 0.3 is 0 Å². The van der Waals surface area contributed by atoms with E-state index in [9.17, 15) is 14.4 Å². The van der Waals surface area contributed by atoms with Gasteiger partial charge in [0, 0.05) is 18.3 Å². The van der Waals surface area contributed by atoms with Gasteiger partial charge in [0.05, 0.1) is 30.4 Å². The minimum absolute atomic E-state index is 0.0455. The van der Waals surface area contributed by atoms with Crippen LogP contribution in [-0.4, -0.2) is 52.5 Å². The zero-order chi connectivity index (χ0) is 21.3. The molecule has 1 saturated heterocycles. The third-order valence-electron chi connectivity index (χ3n) is 5.24. The Labute approximate surface area is 173 Å². The highest BCUT2D eigenvalue weighted by Gasteiger charge is 2.33.